The predicted octanol–water partition coefficient (Wildman–Crippen LogP) is 3.41. The SMILES string of the molecule is Cc1ccc(C2OCCC2C(=O)OC(C)(C)C)cc1. The van der Waals surface area contributed by atoms with Gasteiger partial charge in [0.05, 0.1) is 12.0 Å². The van der Waals surface area contributed by atoms with Gasteiger partial charge in [-0.15, -0.1) is 0 Å². The van der Waals surface area contributed by atoms with Gasteiger partial charge < -0.3 is 9.47 Å². The van der Waals surface area contributed by atoms with Crippen molar-refractivity contribution in [2.45, 2.75) is 45.8 Å². The number of rotatable bonds is 2. The molecule has 0 aliphatic carbocycles. The zero-order valence-electron chi connectivity index (χ0n) is 12.1. The van der Waals surface area contributed by atoms with Crippen molar-refractivity contribution in [1.29, 1.82) is 0 Å². The maximum atomic E-state index is 12.2. The molecule has 1 heterocycles. The first-order valence-corrected chi connectivity index (χ1v) is 6.78. The summed E-state index contributed by atoms with van der Waals surface area (Å²) in [5, 5.41) is 0. The number of ether oxygens (including phenoxy) is 2. The second kappa shape index (κ2) is 5.33. The number of benzene rings is 1. The highest BCUT2D eigenvalue weighted by atomic mass is 16.6. The number of hydrogen-bond acceptors (Lipinski definition) is 3. The second-order valence-corrected chi connectivity index (χ2v) is 6.13. The van der Waals surface area contributed by atoms with Gasteiger partial charge in [0.2, 0.25) is 0 Å². The van der Waals surface area contributed by atoms with Crippen LogP contribution in [0.1, 0.15) is 44.4 Å². The molecule has 1 aromatic rings. The third kappa shape index (κ3) is 3.57. The van der Waals surface area contributed by atoms with E-state index in [1.807, 2.05) is 52.0 Å². The molecule has 2 rings (SSSR count). The number of carbonyl (C=O) groups is 1. The minimum Gasteiger partial charge on any atom is -0.460 e. The van der Waals surface area contributed by atoms with Crippen LogP contribution in [0, 0.1) is 12.8 Å². The van der Waals surface area contributed by atoms with Crippen molar-refractivity contribution in [3.63, 3.8) is 0 Å². The van der Waals surface area contributed by atoms with E-state index in [9.17, 15) is 4.79 Å². The summed E-state index contributed by atoms with van der Waals surface area (Å²) < 4.78 is 11.2. The van der Waals surface area contributed by atoms with Crippen LogP contribution in [0.2, 0.25) is 0 Å². The molecule has 3 nitrogen and oxygen atoms in total. The Balaban J connectivity index is 2.12. The molecule has 0 spiro atoms. The Kier molecular flexibility index (Phi) is 3.95. The van der Waals surface area contributed by atoms with Gasteiger partial charge in [0.1, 0.15) is 5.60 Å². The predicted molar refractivity (Wildman–Crippen MR) is 73.8 cm³/mol. The van der Waals surface area contributed by atoms with Crippen molar-refractivity contribution >= 4 is 5.97 Å². The first-order chi connectivity index (χ1) is 8.87. The Morgan fingerprint density at radius 2 is 1.89 bits per heavy atom. The highest BCUT2D eigenvalue weighted by Crippen LogP contribution is 2.36. The van der Waals surface area contributed by atoms with Crippen molar-refractivity contribution in [3.05, 3.63) is 35.4 Å². The highest BCUT2D eigenvalue weighted by molar-refractivity contribution is 5.74. The fourth-order valence-electron chi connectivity index (χ4n) is 2.29. The minimum absolute atomic E-state index is 0.157. The molecule has 104 valence electrons. The Bertz CT molecular complexity index is 442. The van der Waals surface area contributed by atoms with Crippen molar-refractivity contribution in [1.82, 2.24) is 0 Å². The number of esters is 1. The van der Waals surface area contributed by atoms with Crippen LogP contribution in [0.15, 0.2) is 24.3 Å². The molecule has 1 saturated heterocycles. The van der Waals surface area contributed by atoms with Gasteiger partial charge in [-0.2, -0.15) is 0 Å². The molecular weight excluding hydrogens is 240 g/mol. The van der Waals surface area contributed by atoms with Crippen LogP contribution in [0.25, 0.3) is 0 Å². The summed E-state index contributed by atoms with van der Waals surface area (Å²) in [6.45, 7) is 8.33. The lowest BCUT2D eigenvalue weighted by molar-refractivity contribution is -0.162. The van der Waals surface area contributed by atoms with Crippen molar-refractivity contribution < 1.29 is 14.3 Å². The van der Waals surface area contributed by atoms with Crippen LogP contribution in [-0.2, 0) is 14.3 Å². The Morgan fingerprint density at radius 1 is 1.26 bits per heavy atom. The molecule has 0 bridgehead atoms. The van der Waals surface area contributed by atoms with E-state index in [4.69, 9.17) is 9.47 Å². The molecule has 3 heteroatoms. The fourth-order valence-corrected chi connectivity index (χ4v) is 2.29. The molecule has 0 amide bonds. The average Bonchev–Trinajstić information content (AvgIpc) is 2.76. The number of carbonyl (C=O) groups excluding carboxylic acids is 1. The maximum Gasteiger partial charge on any atom is 0.312 e. The van der Waals surface area contributed by atoms with E-state index in [-0.39, 0.29) is 18.0 Å². The fraction of sp³-hybridized carbons (Fsp3) is 0.562. The Morgan fingerprint density at radius 3 is 2.47 bits per heavy atom. The molecule has 1 fully saturated rings. The third-order valence-corrected chi connectivity index (χ3v) is 3.21. The second-order valence-electron chi connectivity index (χ2n) is 6.13. The molecule has 0 saturated carbocycles. The molecule has 0 radical (unpaired) electrons. The van der Waals surface area contributed by atoms with E-state index in [0.29, 0.717) is 6.61 Å². The summed E-state index contributed by atoms with van der Waals surface area (Å²) in [4.78, 5) is 12.2. The van der Waals surface area contributed by atoms with E-state index < -0.39 is 5.60 Å². The van der Waals surface area contributed by atoms with Crippen LogP contribution in [0.3, 0.4) is 0 Å². The zero-order chi connectivity index (χ0) is 14.0. The van der Waals surface area contributed by atoms with Crippen molar-refractivity contribution in [3.8, 4) is 0 Å². The summed E-state index contributed by atoms with van der Waals surface area (Å²) >= 11 is 0. The largest absolute Gasteiger partial charge is 0.460 e. The topological polar surface area (TPSA) is 35.5 Å². The van der Waals surface area contributed by atoms with E-state index in [0.717, 1.165) is 12.0 Å². The van der Waals surface area contributed by atoms with Crippen LogP contribution in [0.4, 0.5) is 0 Å². The summed E-state index contributed by atoms with van der Waals surface area (Å²) in [5.41, 5.74) is 1.81. The molecule has 1 aliphatic heterocycles. The quantitative estimate of drug-likeness (QED) is 0.766. The van der Waals surface area contributed by atoms with E-state index >= 15 is 0 Å². The number of aryl methyl sites for hydroxylation is 1. The van der Waals surface area contributed by atoms with Gasteiger partial charge in [0.15, 0.2) is 0 Å². The lowest BCUT2D eigenvalue weighted by Gasteiger charge is -2.24. The van der Waals surface area contributed by atoms with Gasteiger partial charge in [-0.1, -0.05) is 29.8 Å². The molecule has 0 aromatic heterocycles. The Hall–Kier alpha value is -1.35. The lowest BCUT2D eigenvalue weighted by Crippen LogP contribution is -2.30. The van der Waals surface area contributed by atoms with Crippen LogP contribution < -0.4 is 0 Å². The van der Waals surface area contributed by atoms with Gasteiger partial charge in [-0.3, -0.25) is 4.79 Å². The van der Waals surface area contributed by atoms with Gasteiger partial charge in [-0.05, 0) is 39.7 Å². The van der Waals surface area contributed by atoms with Crippen molar-refractivity contribution in [2.75, 3.05) is 6.61 Å². The Labute approximate surface area is 114 Å². The zero-order valence-corrected chi connectivity index (χ0v) is 12.1. The first-order valence-electron chi connectivity index (χ1n) is 6.78. The van der Waals surface area contributed by atoms with Crippen molar-refractivity contribution in [2.24, 2.45) is 5.92 Å². The van der Waals surface area contributed by atoms with E-state index in [1.54, 1.807) is 0 Å². The van der Waals surface area contributed by atoms with Gasteiger partial charge >= 0.3 is 5.97 Å². The molecule has 1 aromatic carbocycles. The average molecular weight is 262 g/mol. The van der Waals surface area contributed by atoms with Gasteiger partial charge in [0.25, 0.3) is 0 Å². The molecule has 1 aliphatic rings. The number of hydrogen-bond donors (Lipinski definition) is 0. The molecule has 2 atom stereocenters. The van der Waals surface area contributed by atoms with Crippen LogP contribution >= 0.6 is 0 Å². The smallest absolute Gasteiger partial charge is 0.312 e. The monoisotopic (exact) mass is 262 g/mol. The molecule has 2 unspecified atom stereocenters. The third-order valence-electron chi connectivity index (χ3n) is 3.21. The standard InChI is InChI=1S/C16H22O3/c1-11-5-7-12(8-6-11)14-13(9-10-18-14)15(17)19-16(2,3)4/h5-8,13-14H,9-10H2,1-4H3. The normalized spacial score (nSPS) is 23.4. The maximum absolute atomic E-state index is 12.2. The minimum atomic E-state index is -0.447. The molecule has 0 N–H and O–H groups in total. The molecule has 19 heavy (non-hydrogen) atoms. The van der Waals surface area contributed by atoms with Gasteiger partial charge in [-0.25, -0.2) is 0 Å². The summed E-state index contributed by atoms with van der Waals surface area (Å²) in [6, 6.07) is 8.15. The van der Waals surface area contributed by atoms with Gasteiger partial charge in [0, 0.05) is 6.61 Å². The van der Waals surface area contributed by atoms with Crippen LogP contribution in [0.5, 0.6) is 0 Å². The highest BCUT2D eigenvalue weighted by Gasteiger charge is 2.37. The lowest BCUT2D eigenvalue weighted by atomic mass is 9.94. The van der Waals surface area contributed by atoms with Crippen LogP contribution in [-0.4, -0.2) is 18.2 Å². The summed E-state index contributed by atoms with van der Waals surface area (Å²) in [5.74, 6) is -0.350. The summed E-state index contributed by atoms with van der Waals surface area (Å²) in [6.07, 6.45) is 0.559. The molecular formula is C16H22O3. The summed E-state index contributed by atoms with van der Waals surface area (Å²) in [7, 11) is 0. The van der Waals surface area contributed by atoms with E-state index in [2.05, 4.69) is 0 Å². The van der Waals surface area contributed by atoms with E-state index in [1.165, 1.54) is 5.56 Å². The first kappa shape index (κ1) is 14.1.